The fourth-order valence-electron chi connectivity index (χ4n) is 3.79. The molecule has 0 atom stereocenters. The molecule has 1 aliphatic carbocycles. The van der Waals surface area contributed by atoms with Crippen LogP contribution < -0.4 is 11.2 Å². The van der Waals surface area contributed by atoms with Gasteiger partial charge in [0.25, 0.3) is 5.56 Å². The van der Waals surface area contributed by atoms with E-state index in [9.17, 15) is 9.59 Å². The van der Waals surface area contributed by atoms with Gasteiger partial charge in [0.15, 0.2) is 0 Å². The maximum Gasteiger partial charge on any atom is 0.333 e. The largest absolute Gasteiger partial charge is 0.364 e. The summed E-state index contributed by atoms with van der Waals surface area (Å²) in [6, 6.07) is 1.99. The normalized spacial score (nSPS) is 16.2. The second-order valence-corrected chi connectivity index (χ2v) is 6.36. The van der Waals surface area contributed by atoms with E-state index in [0.717, 1.165) is 35.6 Å². The Bertz CT molecular complexity index is 1010. The Labute approximate surface area is 137 Å². The molecule has 3 aromatic rings. The fourth-order valence-corrected chi connectivity index (χ4v) is 3.79. The molecule has 0 amide bonds. The van der Waals surface area contributed by atoms with Crippen LogP contribution in [0.4, 0.5) is 0 Å². The second kappa shape index (κ2) is 5.90. The molecule has 4 rings (SSSR count). The molecule has 7 heteroatoms. The van der Waals surface area contributed by atoms with Crippen molar-refractivity contribution in [3.8, 4) is 0 Å². The lowest BCUT2D eigenvalue weighted by Crippen LogP contribution is -2.42. The zero-order valence-electron chi connectivity index (χ0n) is 13.6. The molecule has 0 aromatic carbocycles. The molecular weight excluding hydrogens is 308 g/mol. The van der Waals surface area contributed by atoms with Crippen molar-refractivity contribution >= 4 is 21.9 Å². The molecule has 1 fully saturated rings. The van der Waals surface area contributed by atoms with Crippen LogP contribution in [0.1, 0.15) is 38.1 Å². The number of hydrogen-bond donors (Lipinski definition) is 1. The number of H-pyrrole nitrogens is 1. The van der Waals surface area contributed by atoms with Crippen molar-refractivity contribution in [2.75, 3.05) is 7.11 Å². The lowest BCUT2D eigenvalue weighted by molar-refractivity contribution is 0.122. The predicted molar refractivity (Wildman–Crippen MR) is 91.3 cm³/mol. The molecule has 1 aliphatic rings. The third kappa shape index (κ3) is 2.19. The molecule has 3 aromatic heterocycles. The Morgan fingerprint density at radius 1 is 1.25 bits per heavy atom. The Balaban J connectivity index is 2.14. The summed E-state index contributed by atoms with van der Waals surface area (Å²) in [5.41, 5.74) is 0.736. The van der Waals surface area contributed by atoms with Crippen molar-refractivity contribution in [1.29, 1.82) is 0 Å². The molecule has 1 saturated carbocycles. The van der Waals surface area contributed by atoms with Gasteiger partial charge in [0.05, 0.1) is 10.9 Å². The molecule has 7 nitrogen and oxygen atoms in total. The fraction of sp³-hybridized carbons (Fsp3) is 0.471. The first kappa shape index (κ1) is 15.1. The van der Waals surface area contributed by atoms with E-state index in [1.807, 2.05) is 6.07 Å². The molecular formula is C17H20N4O3. The Morgan fingerprint density at radius 3 is 2.79 bits per heavy atom. The number of nitrogens with zero attached hydrogens (tertiary/aromatic N) is 3. The van der Waals surface area contributed by atoms with E-state index in [0.29, 0.717) is 16.6 Å². The van der Waals surface area contributed by atoms with Gasteiger partial charge in [0, 0.05) is 30.9 Å². The summed E-state index contributed by atoms with van der Waals surface area (Å²) in [5.74, 6) is 0. The number of rotatable bonds is 3. The molecule has 126 valence electrons. The highest BCUT2D eigenvalue weighted by molar-refractivity contribution is 6.01. The predicted octanol–water partition coefficient (Wildman–Crippen LogP) is 2.15. The topological polar surface area (TPSA) is 81.9 Å². The minimum absolute atomic E-state index is 0.0501. The van der Waals surface area contributed by atoms with Crippen LogP contribution in [-0.2, 0) is 11.5 Å². The first-order valence-corrected chi connectivity index (χ1v) is 8.32. The summed E-state index contributed by atoms with van der Waals surface area (Å²) in [4.78, 5) is 33.2. The van der Waals surface area contributed by atoms with Gasteiger partial charge in [-0.1, -0.05) is 19.3 Å². The molecule has 0 unspecified atom stereocenters. The maximum absolute atomic E-state index is 13.1. The number of methoxy groups -OCH3 is 1. The van der Waals surface area contributed by atoms with Crippen molar-refractivity contribution in [3.63, 3.8) is 0 Å². The third-order valence-corrected chi connectivity index (χ3v) is 4.91. The minimum Gasteiger partial charge on any atom is -0.364 e. The van der Waals surface area contributed by atoms with Crippen molar-refractivity contribution in [1.82, 2.24) is 19.1 Å². The molecule has 0 spiro atoms. The van der Waals surface area contributed by atoms with Crippen molar-refractivity contribution < 1.29 is 4.74 Å². The minimum atomic E-state index is -0.348. The Hall–Kier alpha value is -2.41. The monoisotopic (exact) mass is 328 g/mol. The standard InChI is InChI=1S/C17H20N4O3/c1-24-10-20-16(22)13-9-19-15-12(7-8-18-15)14(13)21(17(20)23)11-5-3-2-4-6-11/h7-9,11H,2-6,10H2,1H3,(H,18,19). The van der Waals surface area contributed by atoms with Gasteiger partial charge in [-0.05, 0) is 18.9 Å². The highest BCUT2D eigenvalue weighted by atomic mass is 16.5. The van der Waals surface area contributed by atoms with Gasteiger partial charge in [-0.3, -0.25) is 9.36 Å². The summed E-state index contributed by atoms with van der Waals surface area (Å²) in [6.07, 6.45) is 8.65. The zero-order valence-corrected chi connectivity index (χ0v) is 13.6. The van der Waals surface area contributed by atoms with Gasteiger partial charge in [-0.25, -0.2) is 14.3 Å². The number of nitrogens with one attached hydrogen (secondary N) is 1. The smallest absolute Gasteiger partial charge is 0.333 e. The molecule has 0 bridgehead atoms. The highest BCUT2D eigenvalue weighted by Gasteiger charge is 2.23. The molecule has 0 aliphatic heterocycles. The number of hydrogen-bond acceptors (Lipinski definition) is 4. The Kier molecular flexibility index (Phi) is 3.72. The van der Waals surface area contributed by atoms with Crippen LogP contribution in [-0.4, -0.2) is 26.2 Å². The number of ether oxygens (including phenoxy) is 1. The highest BCUT2D eigenvalue weighted by Crippen LogP contribution is 2.30. The van der Waals surface area contributed by atoms with Crippen LogP contribution in [0.5, 0.6) is 0 Å². The van der Waals surface area contributed by atoms with E-state index >= 15 is 0 Å². The maximum atomic E-state index is 13.1. The lowest BCUT2D eigenvalue weighted by atomic mass is 9.95. The van der Waals surface area contributed by atoms with Crippen LogP contribution in [0.2, 0.25) is 0 Å². The summed E-state index contributed by atoms with van der Waals surface area (Å²) in [5, 5.41) is 1.28. The van der Waals surface area contributed by atoms with Gasteiger partial charge in [0.1, 0.15) is 12.4 Å². The average Bonchev–Trinajstić information content (AvgIpc) is 3.08. The first-order valence-electron chi connectivity index (χ1n) is 8.32. The van der Waals surface area contributed by atoms with Crippen LogP contribution in [0.25, 0.3) is 21.9 Å². The van der Waals surface area contributed by atoms with Gasteiger partial charge in [-0.15, -0.1) is 0 Å². The third-order valence-electron chi connectivity index (χ3n) is 4.91. The summed E-state index contributed by atoms with van der Waals surface area (Å²) >= 11 is 0. The number of pyridine rings is 1. The van der Waals surface area contributed by atoms with Crippen LogP contribution in [0, 0.1) is 0 Å². The molecule has 3 heterocycles. The van der Waals surface area contributed by atoms with Gasteiger partial charge in [-0.2, -0.15) is 0 Å². The second-order valence-electron chi connectivity index (χ2n) is 6.36. The summed E-state index contributed by atoms with van der Waals surface area (Å²) in [6.45, 7) is -0.0501. The van der Waals surface area contributed by atoms with Crippen LogP contribution >= 0.6 is 0 Å². The SMILES string of the molecule is COCn1c(=O)c2cnc3[nH]ccc3c2n(C2CCCCC2)c1=O. The van der Waals surface area contributed by atoms with Gasteiger partial charge < -0.3 is 9.72 Å². The quantitative estimate of drug-likeness (QED) is 0.798. The van der Waals surface area contributed by atoms with Crippen molar-refractivity contribution in [2.45, 2.75) is 44.9 Å². The molecule has 1 N–H and O–H groups in total. The lowest BCUT2D eigenvalue weighted by Gasteiger charge is -2.26. The zero-order chi connectivity index (χ0) is 16.7. The first-order chi connectivity index (χ1) is 11.7. The Morgan fingerprint density at radius 2 is 2.04 bits per heavy atom. The molecule has 0 saturated heterocycles. The van der Waals surface area contributed by atoms with Crippen LogP contribution in [0.15, 0.2) is 28.0 Å². The number of aromatic amines is 1. The van der Waals surface area contributed by atoms with E-state index in [-0.39, 0.29) is 24.0 Å². The number of fused-ring (bicyclic) bond motifs is 3. The van der Waals surface area contributed by atoms with Gasteiger partial charge in [0.2, 0.25) is 0 Å². The van der Waals surface area contributed by atoms with E-state index in [2.05, 4.69) is 9.97 Å². The van der Waals surface area contributed by atoms with Crippen molar-refractivity contribution in [2.24, 2.45) is 0 Å². The summed E-state index contributed by atoms with van der Waals surface area (Å²) < 4.78 is 8.04. The summed E-state index contributed by atoms with van der Waals surface area (Å²) in [7, 11) is 1.48. The van der Waals surface area contributed by atoms with E-state index in [1.54, 1.807) is 17.0 Å². The average molecular weight is 328 g/mol. The van der Waals surface area contributed by atoms with Gasteiger partial charge >= 0.3 is 5.69 Å². The van der Waals surface area contributed by atoms with Crippen molar-refractivity contribution in [3.05, 3.63) is 39.3 Å². The molecule has 0 radical (unpaired) electrons. The van der Waals surface area contributed by atoms with E-state index in [1.165, 1.54) is 13.5 Å². The number of aromatic nitrogens is 4. The molecule has 24 heavy (non-hydrogen) atoms. The van der Waals surface area contributed by atoms with E-state index in [4.69, 9.17) is 4.74 Å². The van der Waals surface area contributed by atoms with Crippen LogP contribution in [0.3, 0.4) is 0 Å². The van der Waals surface area contributed by atoms with E-state index < -0.39 is 0 Å².